The monoisotopic (exact) mass is 314 g/mol. The predicted molar refractivity (Wildman–Crippen MR) is 79.2 cm³/mol. The van der Waals surface area contributed by atoms with Crippen LogP contribution in [-0.4, -0.2) is 29.3 Å². The van der Waals surface area contributed by atoms with Gasteiger partial charge in [-0.3, -0.25) is 9.69 Å². The van der Waals surface area contributed by atoms with Gasteiger partial charge in [-0.05, 0) is 25.2 Å². The number of thiazole rings is 1. The zero-order chi connectivity index (χ0) is 13.8. The first-order valence-corrected chi connectivity index (χ1v) is 7.30. The van der Waals surface area contributed by atoms with Crippen LogP contribution in [0.15, 0.2) is 29.1 Å². The van der Waals surface area contributed by atoms with Crippen LogP contribution < -0.4 is 0 Å². The maximum Gasteiger partial charge on any atom is 0.176 e. The molecule has 0 aliphatic heterocycles. The molecule has 0 aliphatic rings. The fourth-order valence-electron chi connectivity index (χ4n) is 1.65. The number of likely N-dealkylation sites (N-methyl/N-ethyl adjacent to an activating group) is 1. The molecule has 0 aliphatic carbocycles. The standard InChI is InChI=1S/C13H12Cl2N2OS/c1-17(5-10-7-19-8-16-10)6-13(18)9-2-3-11(14)12(15)4-9/h2-4,7-8H,5-6H2,1H3. The van der Waals surface area contributed by atoms with Crippen molar-refractivity contribution in [1.82, 2.24) is 9.88 Å². The lowest BCUT2D eigenvalue weighted by Gasteiger charge is -2.14. The number of halogens is 2. The summed E-state index contributed by atoms with van der Waals surface area (Å²) in [5.74, 6) is 0.0105. The van der Waals surface area contributed by atoms with Gasteiger partial charge in [0.2, 0.25) is 0 Å². The molecule has 0 radical (unpaired) electrons. The number of hydrogen-bond donors (Lipinski definition) is 0. The van der Waals surface area contributed by atoms with Crippen molar-refractivity contribution in [2.45, 2.75) is 6.54 Å². The fourth-order valence-corrected chi connectivity index (χ4v) is 2.50. The second kappa shape index (κ2) is 6.48. The molecule has 0 saturated heterocycles. The summed E-state index contributed by atoms with van der Waals surface area (Å²) in [4.78, 5) is 18.2. The van der Waals surface area contributed by atoms with Gasteiger partial charge in [0.1, 0.15) is 0 Å². The van der Waals surface area contributed by atoms with Crippen LogP contribution in [0.1, 0.15) is 16.1 Å². The third-order valence-electron chi connectivity index (χ3n) is 2.57. The van der Waals surface area contributed by atoms with Gasteiger partial charge in [0.05, 0.1) is 27.8 Å². The van der Waals surface area contributed by atoms with Gasteiger partial charge in [0, 0.05) is 17.5 Å². The molecule has 0 fully saturated rings. The molecule has 0 saturated carbocycles. The minimum atomic E-state index is 0.0105. The Morgan fingerprint density at radius 3 is 2.79 bits per heavy atom. The van der Waals surface area contributed by atoms with Crippen molar-refractivity contribution in [3.05, 3.63) is 50.4 Å². The summed E-state index contributed by atoms with van der Waals surface area (Å²) in [7, 11) is 1.88. The predicted octanol–water partition coefficient (Wildman–Crippen LogP) is 3.76. The number of Topliss-reactive ketones (excluding diaryl/α,β-unsaturated/α-hetero) is 1. The Morgan fingerprint density at radius 2 is 2.16 bits per heavy atom. The summed E-state index contributed by atoms with van der Waals surface area (Å²) >= 11 is 13.3. The van der Waals surface area contributed by atoms with Crippen LogP contribution in [0.5, 0.6) is 0 Å². The smallest absolute Gasteiger partial charge is 0.176 e. The van der Waals surface area contributed by atoms with Crippen LogP contribution in [0.25, 0.3) is 0 Å². The van der Waals surface area contributed by atoms with E-state index in [1.165, 1.54) is 0 Å². The molecule has 0 spiro atoms. The van der Waals surface area contributed by atoms with Crippen molar-refractivity contribution < 1.29 is 4.79 Å². The molecule has 19 heavy (non-hydrogen) atoms. The Bertz CT molecular complexity index is 572. The summed E-state index contributed by atoms with van der Waals surface area (Å²) in [5.41, 5.74) is 3.32. The van der Waals surface area contributed by atoms with Crippen molar-refractivity contribution >= 4 is 40.3 Å². The summed E-state index contributed by atoms with van der Waals surface area (Å²) in [6.45, 7) is 0.964. The lowest BCUT2D eigenvalue weighted by atomic mass is 10.1. The molecular weight excluding hydrogens is 303 g/mol. The Balaban J connectivity index is 1.98. The molecule has 2 aromatic rings. The van der Waals surface area contributed by atoms with Crippen LogP contribution in [0, 0.1) is 0 Å². The second-order valence-electron chi connectivity index (χ2n) is 4.20. The molecule has 0 amide bonds. The lowest BCUT2D eigenvalue weighted by Crippen LogP contribution is -2.25. The molecule has 0 N–H and O–H groups in total. The van der Waals surface area contributed by atoms with Gasteiger partial charge in [-0.15, -0.1) is 11.3 Å². The first-order valence-electron chi connectivity index (χ1n) is 5.60. The highest BCUT2D eigenvalue weighted by molar-refractivity contribution is 7.07. The van der Waals surface area contributed by atoms with Crippen LogP contribution in [0.4, 0.5) is 0 Å². The molecule has 6 heteroatoms. The minimum absolute atomic E-state index is 0.0105. The van der Waals surface area contributed by atoms with Gasteiger partial charge in [-0.2, -0.15) is 0 Å². The molecule has 0 atom stereocenters. The highest BCUT2D eigenvalue weighted by Crippen LogP contribution is 2.22. The third-order valence-corrected chi connectivity index (χ3v) is 3.94. The average molecular weight is 315 g/mol. The first-order chi connectivity index (χ1) is 9.06. The third kappa shape index (κ3) is 4.01. The Labute approximate surface area is 125 Å². The maximum absolute atomic E-state index is 12.1. The Hall–Kier alpha value is -0.940. The molecule has 1 aromatic heterocycles. The summed E-state index contributed by atoms with van der Waals surface area (Å²) < 4.78 is 0. The molecule has 2 rings (SSSR count). The van der Waals surface area contributed by atoms with E-state index in [0.29, 0.717) is 28.7 Å². The van der Waals surface area contributed by atoms with E-state index in [4.69, 9.17) is 23.2 Å². The number of nitrogens with zero attached hydrogens (tertiary/aromatic N) is 2. The van der Waals surface area contributed by atoms with Crippen molar-refractivity contribution in [3.63, 3.8) is 0 Å². The second-order valence-corrected chi connectivity index (χ2v) is 5.74. The van der Waals surface area contributed by atoms with Gasteiger partial charge >= 0.3 is 0 Å². The largest absolute Gasteiger partial charge is 0.293 e. The van der Waals surface area contributed by atoms with Crippen molar-refractivity contribution in [2.75, 3.05) is 13.6 Å². The van der Waals surface area contributed by atoms with E-state index in [1.807, 2.05) is 17.3 Å². The molecule has 1 heterocycles. The number of carbonyl (C=O) groups excluding carboxylic acids is 1. The first kappa shape index (κ1) is 14.5. The molecule has 100 valence electrons. The van der Waals surface area contributed by atoms with Gasteiger partial charge in [-0.25, -0.2) is 4.98 Å². The Kier molecular flexibility index (Phi) is 4.93. The zero-order valence-corrected chi connectivity index (χ0v) is 12.6. The van der Waals surface area contributed by atoms with Gasteiger partial charge in [0.15, 0.2) is 5.78 Å². The maximum atomic E-state index is 12.1. The van der Waals surface area contributed by atoms with E-state index in [1.54, 1.807) is 35.0 Å². The molecule has 1 aromatic carbocycles. The number of hydrogen-bond acceptors (Lipinski definition) is 4. The van der Waals surface area contributed by atoms with Gasteiger partial charge < -0.3 is 0 Å². The number of benzene rings is 1. The van der Waals surface area contributed by atoms with E-state index >= 15 is 0 Å². The summed E-state index contributed by atoms with van der Waals surface area (Å²) in [6.07, 6.45) is 0. The van der Waals surface area contributed by atoms with Crippen molar-refractivity contribution in [1.29, 1.82) is 0 Å². The normalized spacial score (nSPS) is 10.9. The van der Waals surface area contributed by atoms with E-state index in [0.717, 1.165) is 5.69 Å². The average Bonchev–Trinajstić information content (AvgIpc) is 2.85. The number of rotatable bonds is 5. The van der Waals surface area contributed by atoms with E-state index in [2.05, 4.69) is 4.98 Å². The lowest BCUT2D eigenvalue weighted by molar-refractivity contribution is 0.0942. The van der Waals surface area contributed by atoms with Crippen LogP contribution in [-0.2, 0) is 6.54 Å². The Morgan fingerprint density at radius 1 is 1.37 bits per heavy atom. The number of ketones is 1. The highest BCUT2D eigenvalue weighted by Gasteiger charge is 2.11. The molecule has 3 nitrogen and oxygen atoms in total. The topological polar surface area (TPSA) is 33.2 Å². The molecule has 0 bridgehead atoms. The van der Waals surface area contributed by atoms with Crippen LogP contribution in [0.3, 0.4) is 0 Å². The van der Waals surface area contributed by atoms with Crippen molar-refractivity contribution in [2.24, 2.45) is 0 Å². The van der Waals surface area contributed by atoms with Gasteiger partial charge in [0.25, 0.3) is 0 Å². The van der Waals surface area contributed by atoms with E-state index < -0.39 is 0 Å². The van der Waals surface area contributed by atoms with E-state index in [9.17, 15) is 4.79 Å². The quantitative estimate of drug-likeness (QED) is 0.788. The van der Waals surface area contributed by atoms with Crippen LogP contribution >= 0.6 is 34.5 Å². The van der Waals surface area contributed by atoms with Gasteiger partial charge in [-0.1, -0.05) is 23.2 Å². The SMILES string of the molecule is CN(CC(=O)c1ccc(Cl)c(Cl)c1)Cc1cscn1. The minimum Gasteiger partial charge on any atom is -0.293 e. The van der Waals surface area contributed by atoms with Crippen molar-refractivity contribution in [3.8, 4) is 0 Å². The van der Waals surface area contributed by atoms with Crippen LogP contribution in [0.2, 0.25) is 10.0 Å². The molecule has 0 unspecified atom stereocenters. The molecular formula is C13H12Cl2N2OS. The summed E-state index contributed by atoms with van der Waals surface area (Å²) in [6, 6.07) is 4.92. The highest BCUT2D eigenvalue weighted by atomic mass is 35.5. The number of aromatic nitrogens is 1. The summed E-state index contributed by atoms with van der Waals surface area (Å²) in [5, 5.41) is 2.82. The zero-order valence-electron chi connectivity index (χ0n) is 10.3. The number of carbonyl (C=O) groups is 1. The van der Waals surface area contributed by atoms with E-state index in [-0.39, 0.29) is 5.78 Å². The fraction of sp³-hybridized carbons (Fsp3) is 0.231.